The van der Waals surface area contributed by atoms with Gasteiger partial charge in [-0.05, 0) is 19.0 Å². The fourth-order valence-electron chi connectivity index (χ4n) is 2.38. The van der Waals surface area contributed by atoms with Gasteiger partial charge in [-0.15, -0.1) is 0 Å². The Morgan fingerprint density at radius 2 is 2.05 bits per heavy atom. The predicted molar refractivity (Wildman–Crippen MR) is 80.9 cm³/mol. The first-order valence-electron chi connectivity index (χ1n) is 6.72. The normalized spacial score (nSPS) is 14.2. The molecule has 2 aromatic rings. The second-order valence-corrected chi connectivity index (χ2v) is 5.28. The van der Waals surface area contributed by atoms with Gasteiger partial charge in [0.1, 0.15) is 0 Å². The van der Waals surface area contributed by atoms with Crippen molar-refractivity contribution in [3.05, 3.63) is 52.8 Å². The summed E-state index contributed by atoms with van der Waals surface area (Å²) in [6.45, 7) is 5.22. The zero-order chi connectivity index (χ0) is 14.6. The molecule has 1 heterocycles. The lowest BCUT2D eigenvalue weighted by molar-refractivity contribution is 0.139. The van der Waals surface area contributed by atoms with Crippen LogP contribution in [0.5, 0.6) is 0 Å². The molecule has 0 aliphatic heterocycles. The van der Waals surface area contributed by atoms with Crippen LogP contribution in [0, 0.1) is 6.92 Å². The van der Waals surface area contributed by atoms with Gasteiger partial charge in [0, 0.05) is 0 Å². The van der Waals surface area contributed by atoms with E-state index in [-0.39, 0.29) is 6.61 Å². The molecule has 0 amide bonds. The molecule has 1 atom stereocenters. The lowest BCUT2D eigenvalue weighted by Crippen LogP contribution is -2.49. The first-order valence-corrected chi connectivity index (χ1v) is 7.10. The zero-order valence-electron chi connectivity index (χ0n) is 11.8. The molecule has 0 aliphatic rings. The van der Waals surface area contributed by atoms with Gasteiger partial charge < -0.3 is 10.4 Å². The number of nitrogens with one attached hydrogen (secondary N) is 1. The van der Waals surface area contributed by atoms with Gasteiger partial charge in [0.2, 0.25) is 0 Å². The number of aliphatic hydroxyl groups is 1. The predicted octanol–water partition coefficient (Wildman–Crippen LogP) is 2.34. The fourth-order valence-corrected chi connectivity index (χ4v) is 2.52. The van der Waals surface area contributed by atoms with Crippen molar-refractivity contribution in [2.24, 2.45) is 0 Å². The van der Waals surface area contributed by atoms with Crippen molar-refractivity contribution < 1.29 is 5.11 Å². The minimum absolute atomic E-state index is 0.0121. The molecular weight excluding hydrogens is 274 g/mol. The number of halogens is 1. The molecule has 2 N–H and O–H groups in total. The standard InChI is InChI=1S/C15H20ClN3O/c1-3-17-15(11-20,13-7-5-4-6-8-13)10-19-12(2)14(16)9-18-19/h4-9,17,20H,3,10-11H2,1-2H3. The minimum Gasteiger partial charge on any atom is -0.394 e. The molecule has 0 radical (unpaired) electrons. The van der Waals surface area contributed by atoms with Gasteiger partial charge in [-0.3, -0.25) is 4.68 Å². The second-order valence-electron chi connectivity index (χ2n) is 4.87. The summed E-state index contributed by atoms with van der Waals surface area (Å²) in [6.07, 6.45) is 1.63. The Bertz CT molecular complexity index is 556. The van der Waals surface area contributed by atoms with Crippen molar-refractivity contribution in [3.8, 4) is 0 Å². The number of hydrogen-bond acceptors (Lipinski definition) is 3. The Morgan fingerprint density at radius 3 is 2.55 bits per heavy atom. The summed E-state index contributed by atoms with van der Waals surface area (Å²) in [6, 6.07) is 9.94. The SMILES string of the molecule is CCNC(CO)(Cn1ncc(Cl)c1C)c1ccccc1. The highest BCUT2D eigenvalue weighted by molar-refractivity contribution is 6.31. The van der Waals surface area contributed by atoms with Gasteiger partial charge in [-0.1, -0.05) is 48.9 Å². The molecule has 4 nitrogen and oxygen atoms in total. The van der Waals surface area contributed by atoms with Crippen molar-refractivity contribution in [1.82, 2.24) is 15.1 Å². The molecule has 1 aromatic carbocycles. The highest BCUT2D eigenvalue weighted by atomic mass is 35.5. The lowest BCUT2D eigenvalue weighted by atomic mass is 9.90. The number of nitrogens with zero attached hydrogens (tertiary/aromatic N) is 2. The zero-order valence-corrected chi connectivity index (χ0v) is 12.6. The van der Waals surface area contributed by atoms with Crippen LogP contribution >= 0.6 is 11.6 Å². The van der Waals surface area contributed by atoms with Gasteiger partial charge in [-0.25, -0.2) is 0 Å². The summed E-state index contributed by atoms with van der Waals surface area (Å²) in [5.74, 6) is 0. The van der Waals surface area contributed by atoms with E-state index in [2.05, 4.69) is 10.4 Å². The molecule has 0 bridgehead atoms. The number of aliphatic hydroxyl groups excluding tert-OH is 1. The second kappa shape index (κ2) is 6.39. The van der Waals surface area contributed by atoms with Crippen LogP contribution in [0.3, 0.4) is 0 Å². The third kappa shape index (κ3) is 2.87. The van der Waals surface area contributed by atoms with Gasteiger partial charge in [0.05, 0.1) is 35.6 Å². The topological polar surface area (TPSA) is 50.1 Å². The van der Waals surface area contributed by atoms with Crippen molar-refractivity contribution in [2.75, 3.05) is 13.2 Å². The van der Waals surface area contributed by atoms with E-state index < -0.39 is 5.54 Å². The number of benzene rings is 1. The van der Waals surface area contributed by atoms with Gasteiger partial charge in [0.15, 0.2) is 0 Å². The average Bonchev–Trinajstić information content (AvgIpc) is 2.79. The number of hydrogen-bond donors (Lipinski definition) is 2. The summed E-state index contributed by atoms with van der Waals surface area (Å²) in [5.41, 5.74) is 1.38. The highest BCUT2D eigenvalue weighted by Crippen LogP contribution is 2.25. The summed E-state index contributed by atoms with van der Waals surface area (Å²) in [4.78, 5) is 0. The molecule has 1 unspecified atom stereocenters. The van der Waals surface area contributed by atoms with E-state index in [1.165, 1.54) is 0 Å². The van der Waals surface area contributed by atoms with Crippen molar-refractivity contribution >= 4 is 11.6 Å². The number of likely N-dealkylation sites (N-methyl/N-ethyl adjacent to an activating group) is 1. The monoisotopic (exact) mass is 293 g/mol. The first kappa shape index (κ1) is 15.0. The molecular formula is C15H20ClN3O. The molecule has 0 saturated heterocycles. The number of rotatable bonds is 6. The molecule has 1 aromatic heterocycles. The van der Waals surface area contributed by atoms with Crippen LogP contribution in [-0.4, -0.2) is 28.0 Å². The molecule has 20 heavy (non-hydrogen) atoms. The Kier molecular flexibility index (Phi) is 4.81. The maximum Gasteiger partial charge on any atom is 0.0867 e. The molecule has 0 saturated carbocycles. The average molecular weight is 294 g/mol. The molecule has 2 rings (SSSR count). The maximum atomic E-state index is 9.98. The van der Waals surface area contributed by atoms with Crippen LogP contribution in [0.15, 0.2) is 36.5 Å². The summed E-state index contributed by atoms with van der Waals surface area (Å²) >= 11 is 6.06. The van der Waals surface area contributed by atoms with Crippen LogP contribution in [0.4, 0.5) is 0 Å². The highest BCUT2D eigenvalue weighted by Gasteiger charge is 2.32. The lowest BCUT2D eigenvalue weighted by Gasteiger charge is -2.33. The Labute approximate surface area is 124 Å². The maximum absolute atomic E-state index is 9.98. The largest absolute Gasteiger partial charge is 0.394 e. The van der Waals surface area contributed by atoms with Crippen molar-refractivity contribution in [3.63, 3.8) is 0 Å². The van der Waals surface area contributed by atoms with Crippen LogP contribution in [-0.2, 0) is 12.1 Å². The quantitative estimate of drug-likeness (QED) is 0.859. The van der Waals surface area contributed by atoms with E-state index in [1.807, 2.05) is 48.9 Å². The van der Waals surface area contributed by atoms with E-state index in [0.717, 1.165) is 17.8 Å². The third-order valence-corrected chi connectivity index (χ3v) is 3.95. The van der Waals surface area contributed by atoms with Crippen LogP contribution in [0.1, 0.15) is 18.2 Å². The van der Waals surface area contributed by atoms with Gasteiger partial charge in [-0.2, -0.15) is 5.10 Å². The van der Waals surface area contributed by atoms with Crippen LogP contribution in [0.25, 0.3) is 0 Å². The van der Waals surface area contributed by atoms with E-state index >= 15 is 0 Å². The molecule has 0 spiro atoms. The first-order chi connectivity index (χ1) is 9.63. The molecule has 5 heteroatoms. The molecule has 0 fully saturated rings. The van der Waals surface area contributed by atoms with Crippen LogP contribution < -0.4 is 5.32 Å². The van der Waals surface area contributed by atoms with Crippen LogP contribution in [0.2, 0.25) is 5.02 Å². The van der Waals surface area contributed by atoms with Gasteiger partial charge >= 0.3 is 0 Å². The Balaban J connectivity index is 2.39. The summed E-state index contributed by atoms with van der Waals surface area (Å²) in [7, 11) is 0. The van der Waals surface area contributed by atoms with Crippen molar-refractivity contribution in [2.45, 2.75) is 25.9 Å². The third-order valence-electron chi connectivity index (χ3n) is 3.57. The van der Waals surface area contributed by atoms with E-state index in [4.69, 9.17) is 11.6 Å². The number of aromatic nitrogens is 2. The molecule has 108 valence electrons. The molecule has 0 aliphatic carbocycles. The van der Waals surface area contributed by atoms with E-state index in [0.29, 0.717) is 11.6 Å². The summed E-state index contributed by atoms with van der Waals surface area (Å²) < 4.78 is 1.83. The Morgan fingerprint density at radius 1 is 1.35 bits per heavy atom. The van der Waals surface area contributed by atoms with E-state index in [9.17, 15) is 5.11 Å². The van der Waals surface area contributed by atoms with Crippen molar-refractivity contribution in [1.29, 1.82) is 0 Å². The van der Waals surface area contributed by atoms with E-state index in [1.54, 1.807) is 6.20 Å². The Hall–Kier alpha value is -1.36. The van der Waals surface area contributed by atoms with Gasteiger partial charge in [0.25, 0.3) is 0 Å². The smallest absolute Gasteiger partial charge is 0.0867 e. The fraction of sp³-hybridized carbons (Fsp3) is 0.400. The summed E-state index contributed by atoms with van der Waals surface area (Å²) in [5, 5.41) is 18.3. The minimum atomic E-state index is -0.559.